The molecule has 1 aliphatic heterocycles. The summed E-state index contributed by atoms with van der Waals surface area (Å²) < 4.78 is 12.9. The topological polar surface area (TPSA) is 76.3 Å². The molecular weight excluding hydrogens is 297 g/mol. The Morgan fingerprint density at radius 3 is 2.52 bits per heavy atom. The number of benzene rings is 1. The van der Waals surface area contributed by atoms with E-state index in [0.29, 0.717) is 25.1 Å². The first-order valence-electron chi connectivity index (χ1n) is 7.30. The molecule has 1 aromatic heterocycles. The standard InChI is InChI=1S/C17H16FN3O2/c18-15-3-1-11(2-4-15)5-12-6-13(8-20-7-12)17(23)21-9-14(10-21)16(19)22/h1-4,6-8,14H,5,9-10H2,(H2,19,22). The van der Waals surface area contributed by atoms with E-state index in [1.165, 1.54) is 18.3 Å². The molecule has 1 fully saturated rings. The van der Waals surface area contributed by atoms with E-state index >= 15 is 0 Å². The van der Waals surface area contributed by atoms with Crippen molar-refractivity contribution in [1.29, 1.82) is 0 Å². The van der Waals surface area contributed by atoms with Gasteiger partial charge in [-0.2, -0.15) is 0 Å². The summed E-state index contributed by atoms with van der Waals surface area (Å²) >= 11 is 0. The smallest absolute Gasteiger partial charge is 0.255 e. The number of carbonyl (C=O) groups is 2. The van der Waals surface area contributed by atoms with E-state index in [0.717, 1.165) is 11.1 Å². The molecule has 2 aromatic rings. The first-order valence-corrected chi connectivity index (χ1v) is 7.30. The second-order valence-corrected chi connectivity index (χ2v) is 5.69. The van der Waals surface area contributed by atoms with Crippen LogP contribution in [0.1, 0.15) is 21.5 Å². The van der Waals surface area contributed by atoms with Crippen LogP contribution in [0, 0.1) is 11.7 Å². The Bertz CT molecular complexity index is 740. The number of pyridine rings is 1. The minimum absolute atomic E-state index is 0.157. The van der Waals surface area contributed by atoms with E-state index in [-0.39, 0.29) is 23.5 Å². The third-order valence-electron chi connectivity index (χ3n) is 3.93. The van der Waals surface area contributed by atoms with Crippen molar-refractivity contribution in [3.8, 4) is 0 Å². The second kappa shape index (κ2) is 6.16. The Balaban J connectivity index is 1.69. The summed E-state index contributed by atoms with van der Waals surface area (Å²) in [6.07, 6.45) is 3.76. The third-order valence-corrected chi connectivity index (χ3v) is 3.93. The van der Waals surface area contributed by atoms with Gasteiger partial charge in [0.25, 0.3) is 5.91 Å². The number of rotatable bonds is 4. The highest BCUT2D eigenvalue weighted by Gasteiger charge is 2.34. The van der Waals surface area contributed by atoms with Crippen molar-refractivity contribution in [2.24, 2.45) is 11.7 Å². The van der Waals surface area contributed by atoms with Gasteiger partial charge in [0.15, 0.2) is 0 Å². The molecule has 0 aliphatic carbocycles. The van der Waals surface area contributed by atoms with Crippen LogP contribution in [0.15, 0.2) is 42.7 Å². The number of hydrogen-bond donors (Lipinski definition) is 1. The van der Waals surface area contributed by atoms with Crippen LogP contribution in [0.5, 0.6) is 0 Å². The van der Waals surface area contributed by atoms with E-state index in [1.54, 1.807) is 29.3 Å². The van der Waals surface area contributed by atoms with Crippen molar-refractivity contribution < 1.29 is 14.0 Å². The fourth-order valence-corrected chi connectivity index (χ4v) is 2.55. The van der Waals surface area contributed by atoms with Gasteiger partial charge < -0.3 is 10.6 Å². The normalized spacial score (nSPS) is 14.4. The molecule has 3 rings (SSSR count). The number of aromatic nitrogens is 1. The monoisotopic (exact) mass is 313 g/mol. The maximum Gasteiger partial charge on any atom is 0.255 e. The number of primary amides is 1. The minimum atomic E-state index is -0.378. The van der Waals surface area contributed by atoms with E-state index in [4.69, 9.17) is 5.73 Å². The first-order chi connectivity index (χ1) is 11.0. The molecular formula is C17H16FN3O2. The summed E-state index contributed by atoms with van der Waals surface area (Å²) in [5, 5.41) is 0. The van der Waals surface area contributed by atoms with Crippen molar-refractivity contribution >= 4 is 11.8 Å². The Morgan fingerprint density at radius 1 is 1.17 bits per heavy atom. The summed E-state index contributed by atoms with van der Waals surface area (Å²) in [6, 6.07) is 7.99. The molecule has 23 heavy (non-hydrogen) atoms. The number of hydrogen-bond acceptors (Lipinski definition) is 3. The van der Waals surface area contributed by atoms with Crippen molar-refractivity contribution in [1.82, 2.24) is 9.88 Å². The number of amides is 2. The highest BCUT2D eigenvalue weighted by Crippen LogP contribution is 2.19. The fourth-order valence-electron chi connectivity index (χ4n) is 2.55. The summed E-state index contributed by atoms with van der Waals surface area (Å²) in [5.74, 6) is -1.07. The molecule has 1 aromatic carbocycles. The van der Waals surface area contributed by atoms with Crippen LogP contribution >= 0.6 is 0 Å². The van der Waals surface area contributed by atoms with E-state index in [9.17, 15) is 14.0 Å². The lowest BCUT2D eigenvalue weighted by molar-refractivity contribution is -0.125. The summed E-state index contributed by atoms with van der Waals surface area (Å²) in [4.78, 5) is 29.0. The second-order valence-electron chi connectivity index (χ2n) is 5.69. The number of nitrogens with two attached hydrogens (primary N) is 1. The quantitative estimate of drug-likeness (QED) is 0.926. The third kappa shape index (κ3) is 3.36. The largest absolute Gasteiger partial charge is 0.369 e. The van der Waals surface area contributed by atoms with Gasteiger partial charge in [-0.05, 0) is 35.7 Å². The van der Waals surface area contributed by atoms with Gasteiger partial charge in [-0.1, -0.05) is 12.1 Å². The van der Waals surface area contributed by atoms with Crippen molar-refractivity contribution in [3.05, 3.63) is 65.2 Å². The highest BCUT2D eigenvalue weighted by atomic mass is 19.1. The summed E-state index contributed by atoms with van der Waals surface area (Å²) in [7, 11) is 0. The molecule has 6 heteroatoms. The molecule has 1 saturated heterocycles. The number of nitrogens with zero attached hydrogens (tertiary/aromatic N) is 2. The molecule has 118 valence electrons. The predicted molar refractivity (Wildman–Crippen MR) is 82.0 cm³/mol. The lowest BCUT2D eigenvalue weighted by atomic mass is 9.98. The van der Waals surface area contributed by atoms with Gasteiger partial charge in [-0.25, -0.2) is 4.39 Å². The van der Waals surface area contributed by atoms with Gasteiger partial charge in [0.05, 0.1) is 11.5 Å². The van der Waals surface area contributed by atoms with Gasteiger partial charge in [-0.15, -0.1) is 0 Å². The zero-order valence-electron chi connectivity index (χ0n) is 12.4. The molecule has 2 heterocycles. The van der Waals surface area contributed by atoms with Crippen LogP contribution in [0.4, 0.5) is 4.39 Å². The van der Waals surface area contributed by atoms with Crippen LogP contribution < -0.4 is 5.73 Å². The Labute approximate surface area is 132 Å². The predicted octanol–water partition coefficient (Wildman–Crippen LogP) is 1.37. The van der Waals surface area contributed by atoms with Crippen LogP contribution in [0.2, 0.25) is 0 Å². The maximum atomic E-state index is 12.9. The average molecular weight is 313 g/mol. The van der Waals surface area contributed by atoms with Gasteiger partial charge in [-0.3, -0.25) is 14.6 Å². The molecule has 2 N–H and O–H groups in total. The minimum Gasteiger partial charge on any atom is -0.369 e. The van der Waals surface area contributed by atoms with Crippen LogP contribution in [0.25, 0.3) is 0 Å². The number of carbonyl (C=O) groups excluding carboxylic acids is 2. The summed E-state index contributed by atoms with van der Waals surface area (Å²) in [5.41, 5.74) is 7.49. The van der Waals surface area contributed by atoms with Crippen LogP contribution in [-0.4, -0.2) is 34.8 Å². The lowest BCUT2D eigenvalue weighted by Gasteiger charge is -2.37. The number of halogens is 1. The van der Waals surface area contributed by atoms with Crippen molar-refractivity contribution in [3.63, 3.8) is 0 Å². The molecule has 0 saturated carbocycles. The van der Waals surface area contributed by atoms with Crippen LogP contribution in [0.3, 0.4) is 0 Å². The summed E-state index contributed by atoms with van der Waals surface area (Å²) in [6.45, 7) is 0.715. The van der Waals surface area contributed by atoms with Gasteiger partial charge >= 0.3 is 0 Å². The zero-order valence-corrected chi connectivity index (χ0v) is 12.4. The molecule has 0 bridgehead atoms. The average Bonchev–Trinajstić information content (AvgIpc) is 2.48. The van der Waals surface area contributed by atoms with E-state index in [2.05, 4.69) is 4.98 Å². The Morgan fingerprint density at radius 2 is 1.87 bits per heavy atom. The van der Waals surface area contributed by atoms with Gasteiger partial charge in [0, 0.05) is 25.5 Å². The SMILES string of the molecule is NC(=O)C1CN(C(=O)c2cncc(Cc3ccc(F)cc3)c2)C1. The Hall–Kier alpha value is -2.76. The van der Waals surface area contributed by atoms with Crippen LogP contribution in [-0.2, 0) is 11.2 Å². The molecule has 2 amide bonds. The van der Waals surface area contributed by atoms with Crippen molar-refractivity contribution in [2.45, 2.75) is 6.42 Å². The van der Waals surface area contributed by atoms with E-state index in [1.807, 2.05) is 0 Å². The lowest BCUT2D eigenvalue weighted by Crippen LogP contribution is -2.54. The van der Waals surface area contributed by atoms with Gasteiger partial charge in [0.2, 0.25) is 5.91 Å². The fraction of sp³-hybridized carbons (Fsp3) is 0.235. The Kier molecular flexibility index (Phi) is 4.06. The maximum absolute atomic E-state index is 12.9. The molecule has 0 spiro atoms. The molecule has 5 nitrogen and oxygen atoms in total. The number of likely N-dealkylation sites (tertiary alicyclic amines) is 1. The highest BCUT2D eigenvalue weighted by molar-refractivity contribution is 5.95. The first kappa shape index (κ1) is 15.1. The molecule has 0 atom stereocenters. The zero-order chi connectivity index (χ0) is 16.4. The van der Waals surface area contributed by atoms with Gasteiger partial charge in [0.1, 0.15) is 5.82 Å². The van der Waals surface area contributed by atoms with E-state index < -0.39 is 0 Å². The molecule has 1 aliphatic rings. The molecule has 0 unspecified atom stereocenters. The van der Waals surface area contributed by atoms with Crippen molar-refractivity contribution in [2.75, 3.05) is 13.1 Å². The molecule has 0 radical (unpaired) electrons.